The van der Waals surface area contributed by atoms with Crippen LogP contribution in [-0.4, -0.2) is 36.4 Å². The van der Waals surface area contributed by atoms with E-state index in [0.29, 0.717) is 24.7 Å². The highest BCUT2D eigenvalue weighted by Gasteiger charge is 2.26. The minimum absolute atomic E-state index is 0.0172. The smallest absolute Gasteiger partial charge is 0.248 e. The first-order chi connectivity index (χ1) is 10.1. The monoisotopic (exact) mass is 310 g/mol. The van der Waals surface area contributed by atoms with E-state index < -0.39 is 0 Å². The summed E-state index contributed by atoms with van der Waals surface area (Å²) in [6.45, 7) is 1.32. The number of carbonyl (C=O) groups excluding carboxylic acids is 2. The van der Waals surface area contributed by atoms with Gasteiger partial charge in [-0.3, -0.25) is 9.59 Å². The zero-order valence-corrected chi connectivity index (χ0v) is 12.5. The van der Waals surface area contributed by atoms with Crippen LogP contribution in [-0.2, 0) is 20.9 Å². The Hall–Kier alpha value is -1.59. The van der Waals surface area contributed by atoms with E-state index in [1.54, 1.807) is 11.0 Å². The van der Waals surface area contributed by atoms with Gasteiger partial charge in [0.15, 0.2) is 0 Å². The van der Waals surface area contributed by atoms with E-state index in [4.69, 9.17) is 22.1 Å². The van der Waals surface area contributed by atoms with Crippen LogP contribution < -0.4 is 5.73 Å². The summed E-state index contributed by atoms with van der Waals surface area (Å²) in [7, 11) is 0. The highest BCUT2D eigenvalue weighted by molar-refractivity contribution is 6.31. The Balaban J connectivity index is 1.79. The Morgan fingerprint density at radius 2 is 2.14 bits per heavy atom. The van der Waals surface area contributed by atoms with Gasteiger partial charge >= 0.3 is 0 Å². The summed E-state index contributed by atoms with van der Waals surface area (Å²) in [5.41, 5.74) is 6.15. The van der Waals surface area contributed by atoms with E-state index in [2.05, 4.69) is 0 Å². The van der Waals surface area contributed by atoms with Crippen molar-refractivity contribution in [1.29, 1.82) is 0 Å². The fourth-order valence-corrected chi connectivity index (χ4v) is 2.58. The molecule has 1 aromatic rings. The van der Waals surface area contributed by atoms with Gasteiger partial charge in [0, 0.05) is 18.1 Å². The van der Waals surface area contributed by atoms with Crippen LogP contribution in [0.5, 0.6) is 0 Å². The van der Waals surface area contributed by atoms with Crippen molar-refractivity contribution in [1.82, 2.24) is 4.90 Å². The Morgan fingerprint density at radius 3 is 2.86 bits per heavy atom. The molecule has 0 bridgehead atoms. The minimum Gasteiger partial charge on any atom is -0.369 e. The van der Waals surface area contributed by atoms with Crippen LogP contribution in [0.1, 0.15) is 18.4 Å². The summed E-state index contributed by atoms with van der Waals surface area (Å²) in [6.07, 6.45) is 1.55. The van der Waals surface area contributed by atoms with Crippen molar-refractivity contribution in [2.45, 2.75) is 19.4 Å². The number of nitrogens with zero attached hydrogens (tertiary/aromatic N) is 1. The van der Waals surface area contributed by atoms with E-state index in [1.807, 2.05) is 18.2 Å². The maximum absolute atomic E-state index is 12.1. The molecule has 1 atom stereocenters. The molecule has 0 aromatic heterocycles. The fourth-order valence-electron chi connectivity index (χ4n) is 2.39. The van der Waals surface area contributed by atoms with Crippen LogP contribution in [0.25, 0.3) is 0 Å². The lowest BCUT2D eigenvalue weighted by Gasteiger charge is -2.31. The highest BCUT2D eigenvalue weighted by atomic mass is 35.5. The number of nitrogens with two attached hydrogens (primary N) is 1. The molecule has 1 fully saturated rings. The first-order valence-corrected chi connectivity index (χ1v) is 7.34. The van der Waals surface area contributed by atoms with Crippen molar-refractivity contribution in [3.63, 3.8) is 0 Å². The van der Waals surface area contributed by atoms with Crippen molar-refractivity contribution in [2.24, 2.45) is 11.7 Å². The van der Waals surface area contributed by atoms with Gasteiger partial charge in [0.05, 0.1) is 12.5 Å². The van der Waals surface area contributed by atoms with Crippen LogP contribution in [0.4, 0.5) is 0 Å². The topological polar surface area (TPSA) is 72.6 Å². The molecule has 1 aliphatic heterocycles. The number of primary amides is 1. The molecule has 2 N–H and O–H groups in total. The molecule has 5 nitrogen and oxygen atoms in total. The zero-order valence-electron chi connectivity index (χ0n) is 11.8. The Bertz CT molecular complexity index is 521. The van der Waals surface area contributed by atoms with Gasteiger partial charge in [0.1, 0.15) is 6.61 Å². The summed E-state index contributed by atoms with van der Waals surface area (Å²) in [6, 6.07) is 7.35. The van der Waals surface area contributed by atoms with Crippen LogP contribution in [0.2, 0.25) is 5.02 Å². The van der Waals surface area contributed by atoms with Gasteiger partial charge in [-0.25, -0.2) is 0 Å². The lowest BCUT2D eigenvalue weighted by atomic mass is 9.97. The first-order valence-electron chi connectivity index (χ1n) is 6.96. The largest absolute Gasteiger partial charge is 0.369 e. The molecule has 6 heteroatoms. The van der Waals surface area contributed by atoms with Gasteiger partial charge in [0.2, 0.25) is 11.8 Å². The number of hydrogen-bond donors (Lipinski definition) is 1. The molecule has 0 aliphatic carbocycles. The number of piperidine rings is 1. The van der Waals surface area contributed by atoms with E-state index in [-0.39, 0.29) is 24.3 Å². The van der Waals surface area contributed by atoms with Gasteiger partial charge in [-0.2, -0.15) is 0 Å². The van der Waals surface area contributed by atoms with Gasteiger partial charge in [-0.15, -0.1) is 0 Å². The highest BCUT2D eigenvalue weighted by Crippen LogP contribution is 2.17. The van der Waals surface area contributed by atoms with Crippen LogP contribution in [0.15, 0.2) is 24.3 Å². The molecular weight excluding hydrogens is 292 g/mol. The van der Waals surface area contributed by atoms with Crippen LogP contribution in [0, 0.1) is 5.92 Å². The normalized spacial score (nSPS) is 18.5. The van der Waals surface area contributed by atoms with E-state index >= 15 is 0 Å². The molecule has 2 amide bonds. The number of halogens is 1. The molecule has 21 heavy (non-hydrogen) atoms. The molecule has 2 rings (SSSR count). The summed E-state index contributed by atoms with van der Waals surface area (Å²) in [5.74, 6) is -0.705. The van der Waals surface area contributed by atoms with Crippen molar-refractivity contribution in [3.05, 3.63) is 34.9 Å². The molecule has 1 aliphatic rings. The molecule has 0 radical (unpaired) electrons. The number of likely N-dealkylation sites (tertiary alicyclic amines) is 1. The molecule has 0 saturated carbocycles. The van der Waals surface area contributed by atoms with Crippen LogP contribution in [0.3, 0.4) is 0 Å². The number of hydrogen-bond acceptors (Lipinski definition) is 3. The second kappa shape index (κ2) is 7.43. The minimum atomic E-state index is -0.343. The predicted octanol–water partition coefficient (Wildman–Crippen LogP) is 1.58. The zero-order chi connectivity index (χ0) is 15.2. The number of rotatable bonds is 5. The summed E-state index contributed by atoms with van der Waals surface area (Å²) >= 11 is 6.02. The second-order valence-corrected chi connectivity index (χ2v) is 5.57. The quantitative estimate of drug-likeness (QED) is 0.897. The lowest BCUT2D eigenvalue weighted by Crippen LogP contribution is -2.45. The summed E-state index contributed by atoms with van der Waals surface area (Å²) in [5, 5.41) is 0.622. The average molecular weight is 311 g/mol. The van der Waals surface area contributed by atoms with Crippen molar-refractivity contribution in [2.75, 3.05) is 19.7 Å². The third-order valence-electron chi connectivity index (χ3n) is 3.62. The fraction of sp³-hybridized carbons (Fsp3) is 0.467. The molecule has 0 unspecified atom stereocenters. The standard InChI is InChI=1S/C15H19ClN2O3/c16-13-6-2-1-4-12(13)9-21-10-14(19)18-7-3-5-11(8-18)15(17)20/h1-2,4,6,11H,3,5,7-10H2,(H2,17,20)/t11-/m1/s1. The SMILES string of the molecule is NC(=O)[C@@H]1CCCN(C(=O)COCc2ccccc2Cl)C1. The maximum Gasteiger partial charge on any atom is 0.248 e. The van der Waals surface area contributed by atoms with Gasteiger partial charge in [0.25, 0.3) is 0 Å². The first kappa shape index (κ1) is 15.8. The third-order valence-corrected chi connectivity index (χ3v) is 3.99. The van der Waals surface area contributed by atoms with E-state index in [0.717, 1.165) is 18.4 Å². The second-order valence-electron chi connectivity index (χ2n) is 5.17. The molecule has 0 spiro atoms. The molecule has 1 saturated heterocycles. The number of ether oxygens (including phenoxy) is 1. The summed E-state index contributed by atoms with van der Waals surface area (Å²) in [4.78, 5) is 24.9. The Labute approximate surface area is 129 Å². The Kier molecular flexibility index (Phi) is 5.59. The number of carbonyl (C=O) groups is 2. The van der Waals surface area contributed by atoms with E-state index in [9.17, 15) is 9.59 Å². The maximum atomic E-state index is 12.1. The molecular formula is C15H19ClN2O3. The average Bonchev–Trinajstić information content (AvgIpc) is 2.49. The summed E-state index contributed by atoms with van der Waals surface area (Å²) < 4.78 is 5.42. The predicted molar refractivity (Wildman–Crippen MR) is 79.6 cm³/mol. The third kappa shape index (κ3) is 4.44. The van der Waals surface area contributed by atoms with E-state index in [1.165, 1.54) is 0 Å². The van der Waals surface area contributed by atoms with Gasteiger partial charge < -0.3 is 15.4 Å². The lowest BCUT2D eigenvalue weighted by molar-refractivity contribution is -0.139. The van der Waals surface area contributed by atoms with Crippen molar-refractivity contribution < 1.29 is 14.3 Å². The van der Waals surface area contributed by atoms with Crippen molar-refractivity contribution in [3.8, 4) is 0 Å². The number of benzene rings is 1. The molecule has 1 heterocycles. The Morgan fingerprint density at radius 1 is 1.38 bits per heavy atom. The molecule has 1 aromatic carbocycles. The van der Waals surface area contributed by atoms with Crippen LogP contribution >= 0.6 is 11.6 Å². The molecule has 114 valence electrons. The number of amides is 2. The van der Waals surface area contributed by atoms with Gasteiger partial charge in [-0.1, -0.05) is 29.8 Å². The van der Waals surface area contributed by atoms with Crippen molar-refractivity contribution >= 4 is 23.4 Å². The van der Waals surface area contributed by atoms with Gasteiger partial charge in [-0.05, 0) is 24.5 Å².